The maximum Gasteiger partial charge on any atom is 0.255 e. The lowest BCUT2D eigenvalue weighted by atomic mass is 9.95. The van der Waals surface area contributed by atoms with Crippen molar-refractivity contribution in [2.24, 2.45) is 11.7 Å². The highest BCUT2D eigenvalue weighted by atomic mass is 16.5. The number of hydrogen-bond donors (Lipinski definition) is 2. The summed E-state index contributed by atoms with van der Waals surface area (Å²) in [6.45, 7) is 5.17. The second kappa shape index (κ2) is 10.1. The summed E-state index contributed by atoms with van der Waals surface area (Å²) in [5.41, 5.74) is 8.46. The molecule has 1 saturated heterocycles. The Morgan fingerprint density at radius 1 is 1.10 bits per heavy atom. The van der Waals surface area contributed by atoms with Gasteiger partial charge in [0.15, 0.2) is 0 Å². The summed E-state index contributed by atoms with van der Waals surface area (Å²) in [7, 11) is 0. The first-order valence-corrected chi connectivity index (χ1v) is 10.5. The predicted octanol–water partition coefficient (Wildman–Crippen LogP) is 3.05. The monoisotopic (exact) mass is 423 g/mol. The predicted molar refractivity (Wildman–Crippen MR) is 119 cm³/mol. The standard InChI is InChI=1S/C24H29N3O4/c1-16-7-8-21(17(2)15-16)31-14-11-22(28)26-20-6-4-3-5-19(20)24(30)27-12-9-18(10-13-27)23(25)29/h3-8,15,18H,9-14H2,1-2H3,(H2,25,29)(H,26,28). The third-order valence-electron chi connectivity index (χ3n) is 5.53. The summed E-state index contributed by atoms with van der Waals surface area (Å²) >= 11 is 0. The van der Waals surface area contributed by atoms with Crippen LogP contribution in [0.25, 0.3) is 0 Å². The number of hydrogen-bond acceptors (Lipinski definition) is 4. The Morgan fingerprint density at radius 3 is 2.48 bits per heavy atom. The third kappa shape index (κ3) is 5.84. The molecule has 0 radical (unpaired) electrons. The first-order chi connectivity index (χ1) is 14.8. The van der Waals surface area contributed by atoms with Gasteiger partial charge in [-0.3, -0.25) is 14.4 Å². The van der Waals surface area contributed by atoms with Gasteiger partial charge >= 0.3 is 0 Å². The van der Waals surface area contributed by atoms with Gasteiger partial charge in [0.05, 0.1) is 24.3 Å². The molecule has 1 aliphatic heterocycles. The first-order valence-electron chi connectivity index (χ1n) is 10.5. The molecular weight excluding hydrogens is 394 g/mol. The van der Waals surface area contributed by atoms with Gasteiger partial charge in [0, 0.05) is 19.0 Å². The van der Waals surface area contributed by atoms with Gasteiger partial charge in [0.25, 0.3) is 5.91 Å². The molecule has 164 valence electrons. The van der Waals surface area contributed by atoms with Crippen molar-refractivity contribution < 1.29 is 19.1 Å². The normalized spacial score (nSPS) is 14.2. The molecule has 1 fully saturated rings. The summed E-state index contributed by atoms with van der Waals surface area (Å²) in [5, 5.41) is 2.83. The van der Waals surface area contributed by atoms with Crippen LogP contribution in [-0.2, 0) is 9.59 Å². The van der Waals surface area contributed by atoms with E-state index in [1.54, 1.807) is 29.2 Å². The lowest BCUT2D eigenvalue weighted by molar-refractivity contribution is -0.123. The molecule has 0 aliphatic carbocycles. The highest BCUT2D eigenvalue weighted by Gasteiger charge is 2.27. The molecule has 0 spiro atoms. The summed E-state index contributed by atoms with van der Waals surface area (Å²) in [5.74, 6) is -0.130. The number of para-hydroxylation sites is 1. The van der Waals surface area contributed by atoms with Gasteiger partial charge in [0.2, 0.25) is 11.8 Å². The fourth-order valence-electron chi connectivity index (χ4n) is 3.74. The summed E-state index contributed by atoms with van der Waals surface area (Å²) in [6.07, 6.45) is 1.29. The van der Waals surface area contributed by atoms with Crippen molar-refractivity contribution in [1.82, 2.24) is 4.90 Å². The van der Waals surface area contributed by atoms with E-state index in [4.69, 9.17) is 10.5 Å². The third-order valence-corrected chi connectivity index (χ3v) is 5.53. The second-order valence-electron chi connectivity index (χ2n) is 7.93. The highest BCUT2D eigenvalue weighted by Crippen LogP contribution is 2.23. The molecule has 0 bridgehead atoms. The number of carbonyl (C=O) groups is 3. The number of carbonyl (C=O) groups excluding carboxylic acids is 3. The molecule has 3 N–H and O–H groups in total. The fourth-order valence-corrected chi connectivity index (χ4v) is 3.74. The molecule has 1 aliphatic rings. The lowest BCUT2D eigenvalue weighted by Crippen LogP contribution is -2.42. The number of nitrogens with zero attached hydrogens (tertiary/aromatic N) is 1. The van der Waals surface area contributed by atoms with Crippen LogP contribution in [0.15, 0.2) is 42.5 Å². The molecule has 7 heteroatoms. The van der Waals surface area contributed by atoms with Crippen molar-refractivity contribution in [2.45, 2.75) is 33.1 Å². The average molecular weight is 424 g/mol. The molecule has 2 aromatic rings. The van der Waals surface area contributed by atoms with Gasteiger partial charge in [-0.1, -0.05) is 29.8 Å². The largest absolute Gasteiger partial charge is 0.493 e. The van der Waals surface area contributed by atoms with E-state index < -0.39 is 0 Å². The Morgan fingerprint density at radius 2 is 1.81 bits per heavy atom. The van der Waals surface area contributed by atoms with Crippen LogP contribution >= 0.6 is 0 Å². The van der Waals surface area contributed by atoms with Gasteiger partial charge in [-0.15, -0.1) is 0 Å². The molecular formula is C24H29N3O4. The van der Waals surface area contributed by atoms with Crippen LogP contribution in [0, 0.1) is 19.8 Å². The van der Waals surface area contributed by atoms with E-state index in [-0.39, 0.29) is 36.7 Å². The molecule has 3 rings (SSSR count). The van der Waals surface area contributed by atoms with Crippen molar-refractivity contribution in [2.75, 3.05) is 25.0 Å². The minimum Gasteiger partial charge on any atom is -0.493 e. The average Bonchev–Trinajstić information content (AvgIpc) is 2.75. The number of piperidine rings is 1. The van der Waals surface area contributed by atoms with Crippen LogP contribution in [0.4, 0.5) is 5.69 Å². The number of aryl methyl sites for hydroxylation is 2. The fraction of sp³-hybridized carbons (Fsp3) is 0.375. The Kier molecular flexibility index (Phi) is 7.28. The molecule has 0 atom stereocenters. The van der Waals surface area contributed by atoms with E-state index in [1.165, 1.54) is 0 Å². The second-order valence-corrected chi connectivity index (χ2v) is 7.93. The van der Waals surface area contributed by atoms with Crippen LogP contribution in [0.2, 0.25) is 0 Å². The van der Waals surface area contributed by atoms with Crippen LogP contribution in [0.3, 0.4) is 0 Å². The highest BCUT2D eigenvalue weighted by molar-refractivity contribution is 6.03. The molecule has 0 saturated carbocycles. The zero-order valence-electron chi connectivity index (χ0n) is 18.0. The maximum absolute atomic E-state index is 13.0. The van der Waals surface area contributed by atoms with Crippen LogP contribution in [0.5, 0.6) is 5.75 Å². The molecule has 3 amide bonds. The Balaban J connectivity index is 1.56. The van der Waals surface area contributed by atoms with Crippen LogP contribution < -0.4 is 15.8 Å². The molecule has 0 unspecified atom stereocenters. The number of primary amides is 1. The number of nitrogens with one attached hydrogen (secondary N) is 1. The van der Waals surface area contributed by atoms with E-state index in [0.717, 1.165) is 16.9 Å². The van der Waals surface area contributed by atoms with E-state index in [0.29, 0.717) is 37.2 Å². The Labute approximate surface area is 182 Å². The molecule has 2 aromatic carbocycles. The van der Waals surface area contributed by atoms with Gasteiger partial charge in [0.1, 0.15) is 5.75 Å². The van der Waals surface area contributed by atoms with Crippen LogP contribution in [0.1, 0.15) is 40.7 Å². The lowest BCUT2D eigenvalue weighted by Gasteiger charge is -2.31. The Hall–Kier alpha value is -3.35. The zero-order chi connectivity index (χ0) is 22.4. The minimum absolute atomic E-state index is 0.162. The van der Waals surface area contributed by atoms with Crippen molar-refractivity contribution in [3.8, 4) is 5.75 Å². The smallest absolute Gasteiger partial charge is 0.255 e. The topological polar surface area (TPSA) is 102 Å². The minimum atomic E-state index is -0.317. The van der Waals surface area contributed by atoms with Gasteiger partial charge in [-0.2, -0.15) is 0 Å². The van der Waals surface area contributed by atoms with Gasteiger partial charge < -0.3 is 20.7 Å². The van der Waals surface area contributed by atoms with Crippen molar-refractivity contribution >= 4 is 23.4 Å². The van der Waals surface area contributed by atoms with Gasteiger partial charge in [-0.05, 0) is 50.5 Å². The van der Waals surface area contributed by atoms with Crippen molar-refractivity contribution in [3.63, 3.8) is 0 Å². The van der Waals surface area contributed by atoms with E-state index in [9.17, 15) is 14.4 Å². The number of ether oxygens (including phenoxy) is 1. The molecule has 7 nitrogen and oxygen atoms in total. The number of anilines is 1. The SMILES string of the molecule is Cc1ccc(OCCC(=O)Nc2ccccc2C(=O)N2CCC(C(N)=O)CC2)c(C)c1. The number of benzene rings is 2. The molecule has 31 heavy (non-hydrogen) atoms. The summed E-state index contributed by atoms with van der Waals surface area (Å²) in [6, 6.07) is 12.9. The number of rotatable bonds is 7. The Bertz CT molecular complexity index is 965. The first kappa shape index (κ1) is 22.3. The van der Waals surface area contributed by atoms with Gasteiger partial charge in [-0.25, -0.2) is 0 Å². The summed E-state index contributed by atoms with van der Waals surface area (Å²) < 4.78 is 5.73. The van der Waals surface area contributed by atoms with E-state index in [1.807, 2.05) is 32.0 Å². The molecule has 0 aromatic heterocycles. The number of nitrogens with two attached hydrogens (primary N) is 1. The maximum atomic E-state index is 13.0. The van der Waals surface area contributed by atoms with E-state index in [2.05, 4.69) is 5.32 Å². The van der Waals surface area contributed by atoms with Crippen molar-refractivity contribution in [3.05, 3.63) is 59.2 Å². The quantitative estimate of drug-likeness (QED) is 0.715. The zero-order valence-corrected chi connectivity index (χ0v) is 18.0. The summed E-state index contributed by atoms with van der Waals surface area (Å²) in [4.78, 5) is 38.5. The molecule has 1 heterocycles. The number of amides is 3. The number of likely N-dealkylation sites (tertiary alicyclic amines) is 1. The van der Waals surface area contributed by atoms with Crippen molar-refractivity contribution in [1.29, 1.82) is 0 Å². The van der Waals surface area contributed by atoms with E-state index >= 15 is 0 Å². The van der Waals surface area contributed by atoms with Crippen LogP contribution in [-0.4, -0.2) is 42.3 Å².